The Bertz CT molecular complexity index is 1490. The van der Waals surface area contributed by atoms with E-state index < -0.39 is 52.0 Å². The van der Waals surface area contributed by atoms with Crippen LogP contribution in [0.25, 0.3) is 0 Å². The molecule has 0 bridgehead atoms. The first-order chi connectivity index (χ1) is 19.9. The van der Waals surface area contributed by atoms with Crippen molar-refractivity contribution in [3.05, 3.63) is 58.1 Å². The molecule has 43 heavy (non-hydrogen) atoms. The van der Waals surface area contributed by atoms with Crippen LogP contribution < -0.4 is 22.5 Å². The van der Waals surface area contributed by atoms with E-state index in [1.54, 1.807) is 37.8 Å². The summed E-state index contributed by atoms with van der Waals surface area (Å²) in [5, 5.41) is 2.17. The van der Waals surface area contributed by atoms with Gasteiger partial charge in [0.1, 0.15) is 11.1 Å². The lowest BCUT2D eigenvalue weighted by atomic mass is 9.65. The summed E-state index contributed by atoms with van der Waals surface area (Å²) in [6, 6.07) is 5.03. The van der Waals surface area contributed by atoms with Crippen LogP contribution in [0.2, 0.25) is 0 Å². The van der Waals surface area contributed by atoms with Gasteiger partial charge in [-0.25, -0.2) is 4.79 Å². The molecule has 1 aliphatic carbocycles. The molecule has 2 aromatic rings. The summed E-state index contributed by atoms with van der Waals surface area (Å²) < 4.78 is 46.9. The average Bonchev–Trinajstić information content (AvgIpc) is 3.32. The van der Waals surface area contributed by atoms with Crippen LogP contribution in [0, 0.1) is 6.92 Å². The highest BCUT2D eigenvalue weighted by Gasteiger charge is 2.57. The van der Waals surface area contributed by atoms with Crippen LogP contribution in [0.3, 0.4) is 0 Å². The number of likely N-dealkylation sites (tertiary alicyclic amines) is 1. The number of aryl methyl sites for hydroxylation is 1. The number of rotatable bonds is 3. The van der Waals surface area contributed by atoms with Crippen molar-refractivity contribution in [2.24, 2.45) is 11.5 Å². The molecule has 0 saturated carbocycles. The Morgan fingerprint density at radius 1 is 1.16 bits per heavy atom. The number of hydrogen-bond donors (Lipinski definition) is 4. The first-order valence-electron chi connectivity index (χ1n) is 14.1. The molecule has 5 rings (SSSR count). The van der Waals surface area contributed by atoms with Gasteiger partial charge >= 0.3 is 12.3 Å². The van der Waals surface area contributed by atoms with Crippen molar-refractivity contribution in [1.82, 2.24) is 10.2 Å². The van der Waals surface area contributed by atoms with Gasteiger partial charge < -0.3 is 32.2 Å². The van der Waals surface area contributed by atoms with Crippen LogP contribution in [0.5, 0.6) is 0 Å². The number of benzene rings is 2. The third-order valence-corrected chi connectivity index (χ3v) is 9.76. The molecule has 232 valence electrons. The minimum absolute atomic E-state index is 0.00643. The number of ether oxygens (including phenoxy) is 1. The van der Waals surface area contributed by atoms with Crippen molar-refractivity contribution in [2.75, 3.05) is 18.8 Å². The summed E-state index contributed by atoms with van der Waals surface area (Å²) in [6.07, 6.45) is -3.82. The molecule has 0 radical (unpaired) electrons. The highest BCUT2D eigenvalue weighted by atomic mass is 32.2. The Balaban J connectivity index is 1.46. The van der Waals surface area contributed by atoms with E-state index in [1.807, 2.05) is 0 Å². The second-order valence-corrected chi connectivity index (χ2v) is 13.7. The fourth-order valence-corrected chi connectivity index (χ4v) is 7.72. The Labute approximate surface area is 252 Å². The maximum Gasteiger partial charge on any atom is 0.416 e. The molecule has 13 heteroatoms. The smallest absolute Gasteiger partial charge is 0.416 e. The SMILES string of the molecule is Cc1ccc([C@]2(N)C(=O)[C@H](N)[C@H]3c4c2ccc(N)c4S[C@H]3C(=O)N[C@@H]2CCCN(C(=O)OC(C)(C)C)C2)cc1C(F)(F)F. The zero-order chi connectivity index (χ0) is 31.6. The summed E-state index contributed by atoms with van der Waals surface area (Å²) in [4.78, 5) is 42.4. The number of carbonyl (C=O) groups is 3. The zero-order valence-corrected chi connectivity index (χ0v) is 25.2. The maximum absolute atomic E-state index is 14.0. The Morgan fingerprint density at radius 3 is 2.51 bits per heavy atom. The highest BCUT2D eigenvalue weighted by Crippen LogP contribution is 2.56. The van der Waals surface area contributed by atoms with Crippen molar-refractivity contribution in [1.29, 1.82) is 0 Å². The van der Waals surface area contributed by atoms with Gasteiger partial charge in [0.25, 0.3) is 0 Å². The van der Waals surface area contributed by atoms with Crippen LogP contribution in [0.15, 0.2) is 35.2 Å². The number of nitrogens with zero attached hydrogens (tertiary/aromatic N) is 1. The monoisotopic (exact) mass is 619 g/mol. The number of amides is 2. The highest BCUT2D eigenvalue weighted by molar-refractivity contribution is 8.01. The summed E-state index contributed by atoms with van der Waals surface area (Å²) in [5.74, 6) is -1.87. The van der Waals surface area contributed by atoms with Gasteiger partial charge in [0.2, 0.25) is 5.91 Å². The molecule has 0 spiro atoms. The van der Waals surface area contributed by atoms with Crippen LogP contribution in [-0.4, -0.2) is 58.7 Å². The third-order valence-electron chi connectivity index (χ3n) is 8.31. The topological polar surface area (TPSA) is 154 Å². The minimum atomic E-state index is -4.65. The Morgan fingerprint density at radius 2 is 1.86 bits per heavy atom. The molecule has 2 aromatic carbocycles. The van der Waals surface area contributed by atoms with Gasteiger partial charge in [-0.1, -0.05) is 18.2 Å². The molecule has 0 unspecified atom stereocenters. The number of anilines is 1. The molecular formula is C30H36F3N5O4S. The van der Waals surface area contributed by atoms with E-state index in [1.165, 1.54) is 19.1 Å². The molecule has 2 amide bonds. The van der Waals surface area contributed by atoms with E-state index in [0.29, 0.717) is 35.5 Å². The largest absolute Gasteiger partial charge is 0.444 e. The van der Waals surface area contributed by atoms with Crippen molar-refractivity contribution in [2.45, 2.75) is 86.0 Å². The molecule has 2 aliphatic heterocycles. The summed E-state index contributed by atoms with van der Waals surface area (Å²) >= 11 is 1.16. The number of thioether (sulfide) groups is 1. The Hall–Kier alpha value is -3.29. The average molecular weight is 620 g/mol. The number of Topliss-reactive ketones (excluding diaryl/α,β-unsaturated/α-hetero) is 1. The zero-order valence-electron chi connectivity index (χ0n) is 24.4. The number of halogens is 3. The van der Waals surface area contributed by atoms with Crippen LogP contribution >= 0.6 is 11.8 Å². The second kappa shape index (κ2) is 10.7. The van der Waals surface area contributed by atoms with Gasteiger partial charge in [0, 0.05) is 35.6 Å². The number of alkyl halides is 3. The number of nitrogens with two attached hydrogens (primary N) is 3. The van der Waals surface area contributed by atoms with Crippen LogP contribution in [0.1, 0.15) is 67.3 Å². The quantitative estimate of drug-likeness (QED) is 0.379. The molecule has 1 saturated heterocycles. The van der Waals surface area contributed by atoms with E-state index in [4.69, 9.17) is 21.9 Å². The molecule has 1 fully saturated rings. The minimum Gasteiger partial charge on any atom is -0.444 e. The van der Waals surface area contributed by atoms with Crippen molar-refractivity contribution < 1.29 is 32.3 Å². The van der Waals surface area contributed by atoms with Gasteiger partial charge in [0.15, 0.2) is 5.78 Å². The van der Waals surface area contributed by atoms with Gasteiger partial charge in [-0.15, -0.1) is 11.8 Å². The van der Waals surface area contributed by atoms with Crippen molar-refractivity contribution in [3.63, 3.8) is 0 Å². The van der Waals surface area contributed by atoms with E-state index in [2.05, 4.69) is 5.32 Å². The molecule has 3 aliphatic rings. The van der Waals surface area contributed by atoms with E-state index >= 15 is 0 Å². The molecule has 9 nitrogen and oxygen atoms in total. The predicted molar refractivity (Wildman–Crippen MR) is 156 cm³/mol. The number of nitrogens with one attached hydrogen (secondary N) is 1. The van der Waals surface area contributed by atoms with Crippen LogP contribution in [0.4, 0.5) is 23.7 Å². The predicted octanol–water partition coefficient (Wildman–Crippen LogP) is 3.78. The number of carbonyl (C=O) groups excluding carboxylic acids is 3. The Kier molecular flexibility index (Phi) is 7.75. The lowest BCUT2D eigenvalue weighted by Gasteiger charge is -2.41. The lowest BCUT2D eigenvalue weighted by molar-refractivity contribution is -0.138. The van der Waals surface area contributed by atoms with Gasteiger partial charge in [-0.2, -0.15) is 13.2 Å². The van der Waals surface area contributed by atoms with E-state index in [0.717, 1.165) is 17.8 Å². The van der Waals surface area contributed by atoms with E-state index in [-0.39, 0.29) is 35.2 Å². The summed E-state index contributed by atoms with van der Waals surface area (Å²) in [7, 11) is 0. The molecular weight excluding hydrogens is 583 g/mol. The third kappa shape index (κ3) is 5.46. The second-order valence-electron chi connectivity index (χ2n) is 12.5. The first-order valence-corrected chi connectivity index (χ1v) is 15.0. The number of ketones is 1. The summed E-state index contributed by atoms with van der Waals surface area (Å²) in [5.41, 5.74) is 17.1. The molecule has 2 heterocycles. The fraction of sp³-hybridized carbons (Fsp3) is 0.500. The van der Waals surface area contributed by atoms with Gasteiger partial charge in [-0.05, 0) is 74.9 Å². The fourth-order valence-electron chi connectivity index (χ4n) is 6.26. The normalized spacial score (nSPS) is 27.1. The molecule has 7 N–H and O–H groups in total. The number of piperidine rings is 1. The van der Waals surface area contributed by atoms with Gasteiger partial charge in [-0.3, -0.25) is 9.59 Å². The van der Waals surface area contributed by atoms with Crippen molar-refractivity contribution in [3.8, 4) is 0 Å². The maximum atomic E-state index is 14.0. The van der Waals surface area contributed by atoms with Gasteiger partial charge in [0.05, 0.1) is 16.9 Å². The lowest BCUT2D eigenvalue weighted by Crippen LogP contribution is -2.61. The standard InChI is InChI=1S/C30H36F3N5O4S/c1-14-7-8-15(12-18(14)30(31,32)33)29(36)17-9-10-19(34)23-20(17)21(22(35)25(29)39)24(43-23)26(40)37-16-6-5-11-38(13-16)27(41)42-28(2,3)4/h7-10,12,16,21-22,24H,5-6,11,13,34-36H2,1-4H3,(H,37,40)/t16-,21-,22-,24-,29-/m1/s1. The molecule has 5 atom stereocenters. The summed E-state index contributed by atoms with van der Waals surface area (Å²) in [6.45, 7) is 7.43. The van der Waals surface area contributed by atoms with E-state index in [9.17, 15) is 27.6 Å². The first kappa shape index (κ1) is 31.1. The number of nitrogen functional groups attached to an aromatic ring is 1. The van der Waals surface area contributed by atoms with Crippen LogP contribution in [-0.2, 0) is 26.0 Å². The number of hydrogen-bond acceptors (Lipinski definition) is 8. The molecule has 0 aromatic heterocycles. The van der Waals surface area contributed by atoms with Crippen molar-refractivity contribution >= 4 is 35.2 Å².